The summed E-state index contributed by atoms with van der Waals surface area (Å²) < 4.78 is 42.0. The molecule has 1 aliphatic heterocycles. The monoisotopic (exact) mass is 599 g/mol. The largest absolute Gasteiger partial charge is 0.488 e. The molecule has 0 bridgehead atoms. The van der Waals surface area contributed by atoms with Crippen molar-refractivity contribution < 1.29 is 23.0 Å². The van der Waals surface area contributed by atoms with Crippen LogP contribution in [0.15, 0.2) is 94.9 Å². The summed E-state index contributed by atoms with van der Waals surface area (Å²) in [7, 11) is -2.48. The maximum Gasteiger partial charge on any atom is 0.275 e. The molecule has 5 aromatic rings. The first-order valence-electron chi connectivity index (χ1n) is 14.0. The van der Waals surface area contributed by atoms with Gasteiger partial charge < -0.3 is 24.5 Å². The van der Waals surface area contributed by atoms with Gasteiger partial charge in [-0.2, -0.15) is 0 Å². The van der Waals surface area contributed by atoms with E-state index in [9.17, 15) is 18.3 Å². The number of hydrogen-bond acceptors (Lipinski definition) is 7. The highest BCUT2D eigenvalue weighted by molar-refractivity contribution is 7.90. The number of aliphatic hydroxyl groups is 1. The van der Waals surface area contributed by atoms with Gasteiger partial charge in [-0.1, -0.05) is 23.8 Å². The van der Waals surface area contributed by atoms with Crippen LogP contribution in [0.25, 0.3) is 22.0 Å². The lowest BCUT2D eigenvalue weighted by Gasteiger charge is -2.27. The minimum atomic E-state index is -4.06. The van der Waals surface area contributed by atoms with Crippen molar-refractivity contribution in [1.29, 1.82) is 0 Å². The van der Waals surface area contributed by atoms with Crippen LogP contribution in [0.4, 0.5) is 0 Å². The Labute approximate surface area is 250 Å². The van der Waals surface area contributed by atoms with Crippen LogP contribution in [0.3, 0.4) is 0 Å². The molecule has 0 atom stereocenters. The van der Waals surface area contributed by atoms with Crippen molar-refractivity contribution in [1.82, 2.24) is 13.9 Å². The lowest BCUT2D eigenvalue weighted by atomic mass is 9.93. The number of aryl methyl sites for hydroxylation is 2. The Kier molecular flexibility index (Phi) is 7.16. The normalized spacial score (nSPS) is 14.1. The van der Waals surface area contributed by atoms with Gasteiger partial charge in [0.05, 0.1) is 10.5 Å². The Morgan fingerprint density at radius 2 is 1.60 bits per heavy atom. The average molecular weight is 600 g/mol. The van der Waals surface area contributed by atoms with E-state index in [4.69, 9.17) is 9.47 Å². The number of nitrogens with one attached hydrogen (secondary N) is 1. The zero-order chi connectivity index (χ0) is 30.5. The molecule has 9 nitrogen and oxygen atoms in total. The molecule has 3 heterocycles. The van der Waals surface area contributed by atoms with Crippen LogP contribution in [0.5, 0.6) is 17.2 Å². The first kappa shape index (κ1) is 28.7. The second kappa shape index (κ2) is 10.7. The van der Waals surface area contributed by atoms with Gasteiger partial charge in [-0.25, -0.2) is 12.4 Å². The fourth-order valence-corrected chi connectivity index (χ4v) is 6.38. The summed E-state index contributed by atoms with van der Waals surface area (Å²) in [5.74, 6) is 1.78. The van der Waals surface area contributed by atoms with Crippen molar-refractivity contribution >= 4 is 20.9 Å². The predicted octanol–water partition coefficient (Wildman–Crippen LogP) is 4.92. The van der Waals surface area contributed by atoms with Crippen LogP contribution in [-0.2, 0) is 22.7 Å². The van der Waals surface area contributed by atoms with Crippen LogP contribution in [-0.4, -0.2) is 41.3 Å². The number of rotatable bonds is 8. The SMILES string of the molecule is Cc1ccc(S(=O)(=O)n2ccc3c(-c4cc(C(C)(C)O)ccc4Oc4ccc(OC5CNC5)cc4)cn(C)c(=O)c32)cc1. The molecule has 0 radical (unpaired) electrons. The molecule has 0 saturated carbocycles. The van der Waals surface area contributed by atoms with Crippen LogP contribution < -0.4 is 20.3 Å². The minimum absolute atomic E-state index is 0.0205. The highest BCUT2D eigenvalue weighted by Crippen LogP contribution is 2.40. The van der Waals surface area contributed by atoms with Crippen molar-refractivity contribution in [2.75, 3.05) is 13.1 Å². The summed E-state index contributed by atoms with van der Waals surface area (Å²) >= 11 is 0. The van der Waals surface area contributed by atoms with E-state index in [0.717, 1.165) is 28.4 Å². The van der Waals surface area contributed by atoms with Gasteiger partial charge in [0.15, 0.2) is 0 Å². The fourth-order valence-electron chi connectivity index (χ4n) is 5.03. The number of aromatic nitrogens is 2. The van der Waals surface area contributed by atoms with Gasteiger partial charge in [-0.05, 0) is 80.9 Å². The molecule has 0 unspecified atom stereocenters. The topological polar surface area (TPSA) is 112 Å². The third-order valence-electron chi connectivity index (χ3n) is 7.64. The van der Waals surface area contributed by atoms with Crippen molar-refractivity contribution in [3.63, 3.8) is 0 Å². The number of pyridine rings is 1. The van der Waals surface area contributed by atoms with Crippen LogP contribution in [0, 0.1) is 6.92 Å². The second-order valence-electron chi connectivity index (χ2n) is 11.4. The highest BCUT2D eigenvalue weighted by atomic mass is 32.2. The second-order valence-corrected chi connectivity index (χ2v) is 13.2. The minimum Gasteiger partial charge on any atom is -0.488 e. The van der Waals surface area contributed by atoms with Crippen LogP contribution in [0.1, 0.15) is 25.0 Å². The van der Waals surface area contributed by atoms with Crippen molar-refractivity contribution in [3.8, 4) is 28.4 Å². The van der Waals surface area contributed by atoms with Gasteiger partial charge in [0.2, 0.25) is 0 Å². The number of hydrogen-bond donors (Lipinski definition) is 2. The number of benzene rings is 3. The number of fused-ring (bicyclic) bond motifs is 1. The summed E-state index contributed by atoms with van der Waals surface area (Å²) in [5, 5.41) is 14.5. The predicted molar refractivity (Wildman–Crippen MR) is 165 cm³/mol. The van der Waals surface area contributed by atoms with E-state index in [-0.39, 0.29) is 16.5 Å². The number of ether oxygens (including phenoxy) is 2. The average Bonchev–Trinajstić information content (AvgIpc) is 3.40. The first-order chi connectivity index (χ1) is 20.4. The summed E-state index contributed by atoms with van der Waals surface area (Å²) in [5.41, 5.74) is 1.11. The lowest BCUT2D eigenvalue weighted by molar-refractivity contribution is 0.0786. The smallest absolute Gasteiger partial charge is 0.275 e. The standard InChI is InChI=1S/C33H33N3O6S/c1-21-5-12-26(13-6-21)43(39,40)36-16-15-27-29(20-35(4)32(37)31(27)36)28-17-22(33(2,3)38)7-14-30(28)42-24-10-8-23(9-11-24)41-25-18-34-19-25/h5-17,20,25,34,38H,18-19H2,1-4H3. The Morgan fingerprint density at radius 3 is 2.23 bits per heavy atom. The molecule has 2 aromatic heterocycles. The Bertz CT molecular complexity index is 1980. The van der Waals surface area contributed by atoms with Crippen molar-refractivity contribution in [2.24, 2.45) is 7.05 Å². The molecule has 2 N–H and O–H groups in total. The molecule has 0 aliphatic carbocycles. The Hall–Kier alpha value is -4.38. The van der Waals surface area contributed by atoms with Gasteiger partial charge in [-0.15, -0.1) is 0 Å². The molecule has 6 rings (SSSR count). The third-order valence-corrected chi connectivity index (χ3v) is 9.33. The van der Waals surface area contributed by atoms with Gasteiger partial charge in [0, 0.05) is 49.0 Å². The maximum atomic E-state index is 13.7. The maximum absolute atomic E-state index is 13.7. The Balaban J connectivity index is 1.48. The summed E-state index contributed by atoms with van der Waals surface area (Å²) in [6.45, 7) is 6.88. The van der Waals surface area contributed by atoms with E-state index in [2.05, 4.69) is 5.32 Å². The molecule has 43 heavy (non-hydrogen) atoms. The molecule has 0 spiro atoms. The zero-order valence-electron chi connectivity index (χ0n) is 24.4. The van der Waals surface area contributed by atoms with Gasteiger partial charge in [0.1, 0.15) is 28.9 Å². The van der Waals surface area contributed by atoms with Gasteiger partial charge in [-0.3, -0.25) is 4.79 Å². The van der Waals surface area contributed by atoms with E-state index in [1.165, 1.54) is 22.9 Å². The van der Waals surface area contributed by atoms with E-state index in [0.29, 0.717) is 33.6 Å². The molecule has 3 aromatic carbocycles. The zero-order valence-corrected chi connectivity index (χ0v) is 25.2. The van der Waals surface area contributed by atoms with Crippen LogP contribution >= 0.6 is 0 Å². The summed E-state index contributed by atoms with van der Waals surface area (Å²) in [6.07, 6.45) is 3.22. The fraction of sp³-hybridized carbons (Fsp3) is 0.242. The third kappa shape index (κ3) is 5.45. The molecule has 10 heteroatoms. The van der Waals surface area contributed by atoms with Gasteiger partial charge >= 0.3 is 0 Å². The molecule has 1 aliphatic rings. The number of nitrogens with zero attached hydrogens (tertiary/aromatic N) is 2. The van der Waals surface area contributed by atoms with E-state index < -0.39 is 21.2 Å². The molecular weight excluding hydrogens is 566 g/mol. The molecule has 222 valence electrons. The van der Waals surface area contributed by atoms with E-state index in [1.54, 1.807) is 57.4 Å². The summed E-state index contributed by atoms with van der Waals surface area (Å²) in [6, 6.07) is 20.8. The quantitative estimate of drug-likeness (QED) is 0.260. The van der Waals surface area contributed by atoms with E-state index >= 15 is 0 Å². The molecule has 0 amide bonds. The van der Waals surface area contributed by atoms with Crippen LogP contribution in [0.2, 0.25) is 0 Å². The lowest BCUT2D eigenvalue weighted by Crippen LogP contribution is -2.50. The summed E-state index contributed by atoms with van der Waals surface area (Å²) in [4.78, 5) is 13.5. The highest BCUT2D eigenvalue weighted by Gasteiger charge is 2.25. The molecule has 1 fully saturated rings. The van der Waals surface area contributed by atoms with Gasteiger partial charge in [0.25, 0.3) is 15.6 Å². The first-order valence-corrected chi connectivity index (χ1v) is 15.4. The van der Waals surface area contributed by atoms with Crippen molar-refractivity contribution in [2.45, 2.75) is 37.4 Å². The molecular formula is C33H33N3O6S. The molecule has 1 saturated heterocycles. The van der Waals surface area contributed by atoms with E-state index in [1.807, 2.05) is 37.3 Å². The van der Waals surface area contributed by atoms with Crippen molar-refractivity contribution in [3.05, 3.63) is 107 Å². The Morgan fingerprint density at radius 1 is 0.930 bits per heavy atom.